The Kier molecular flexibility index (Phi) is 3.74. The summed E-state index contributed by atoms with van der Waals surface area (Å²) in [6.45, 7) is 0. The number of aromatic hydroxyl groups is 1. The van der Waals surface area contributed by atoms with E-state index in [9.17, 15) is 9.90 Å². The minimum absolute atomic E-state index is 0.0658. The number of nitrogens with zero attached hydrogens (tertiary/aromatic N) is 3. The molecule has 0 bridgehead atoms. The minimum atomic E-state index is -0.126. The molecular weight excluding hydrogens is 320 g/mol. The number of hydrogen-bond donors (Lipinski definition) is 2. The summed E-state index contributed by atoms with van der Waals surface area (Å²) in [7, 11) is 0. The number of benzene rings is 2. The zero-order valence-corrected chi connectivity index (χ0v) is 13.1. The van der Waals surface area contributed by atoms with Crippen LogP contribution in [0, 0.1) is 0 Å². The number of phenolic OH excluding ortho intramolecular Hbond substituents is 1. The number of phenols is 1. The Bertz CT molecular complexity index is 1020. The molecule has 0 spiro atoms. The summed E-state index contributed by atoms with van der Waals surface area (Å²) in [5, 5.41) is 17.7. The number of aromatic nitrogens is 4. The predicted molar refractivity (Wildman–Crippen MR) is 90.1 cm³/mol. The van der Waals surface area contributed by atoms with Gasteiger partial charge in [-0.15, -0.1) is 10.2 Å². The van der Waals surface area contributed by atoms with Gasteiger partial charge in [0.1, 0.15) is 5.75 Å². The summed E-state index contributed by atoms with van der Waals surface area (Å²) in [6.07, 6.45) is 0.499. The lowest BCUT2D eigenvalue weighted by atomic mass is 10.2. The smallest absolute Gasteiger partial charge is 0.251 e. The molecule has 0 aliphatic heterocycles. The second-order valence-corrected chi connectivity index (χ2v) is 5.54. The number of aryl methyl sites for hydroxylation is 1. The molecule has 0 aliphatic rings. The van der Waals surface area contributed by atoms with E-state index in [0.717, 1.165) is 11.0 Å². The molecule has 2 N–H and O–H groups in total. The first-order valence-corrected chi connectivity index (χ1v) is 7.79. The summed E-state index contributed by atoms with van der Waals surface area (Å²) < 4.78 is 5.53. The van der Waals surface area contributed by atoms with Gasteiger partial charge in [0.15, 0.2) is 11.6 Å². The quantitative estimate of drug-likeness (QED) is 0.543. The highest BCUT2D eigenvalue weighted by atomic mass is 16.4. The Morgan fingerprint density at radius 3 is 2.72 bits per heavy atom. The normalized spacial score (nSPS) is 11.0. The molecule has 124 valence electrons. The first kappa shape index (κ1) is 15.1. The lowest BCUT2D eigenvalue weighted by molar-refractivity contribution is 0.0971. The largest absolute Gasteiger partial charge is 0.507 e. The van der Waals surface area contributed by atoms with Gasteiger partial charge < -0.3 is 14.5 Å². The second kappa shape index (κ2) is 6.20. The molecule has 4 rings (SSSR count). The van der Waals surface area contributed by atoms with Gasteiger partial charge in [-0.25, -0.2) is 4.98 Å². The maximum atomic E-state index is 12.3. The highest BCUT2D eigenvalue weighted by Gasteiger charge is 2.15. The van der Waals surface area contributed by atoms with Crippen LogP contribution in [0.25, 0.3) is 22.5 Å². The average molecular weight is 334 g/mol. The van der Waals surface area contributed by atoms with Crippen LogP contribution in [0.5, 0.6) is 5.75 Å². The molecule has 0 radical (unpaired) electrons. The van der Waals surface area contributed by atoms with Crippen LogP contribution in [-0.4, -0.2) is 31.1 Å². The Labute approximate surface area is 142 Å². The van der Waals surface area contributed by atoms with Crippen LogP contribution >= 0.6 is 0 Å². The van der Waals surface area contributed by atoms with Gasteiger partial charge in [-0.2, -0.15) is 0 Å². The molecule has 0 fully saturated rings. The standard InChI is InChI=1S/C18H14N4O3/c23-14-8-4-1-5-11(14)18-22-21-16(25-18)10-9-15(24)17-19-12-6-2-3-7-13(12)20-17/h1-8,23H,9-10H2,(H,19,20). The van der Waals surface area contributed by atoms with E-state index in [-0.39, 0.29) is 23.8 Å². The lowest BCUT2D eigenvalue weighted by Gasteiger charge is -1.97. The van der Waals surface area contributed by atoms with Crippen molar-refractivity contribution < 1.29 is 14.3 Å². The van der Waals surface area contributed by atoms with Gasteiger partial charge in [-0.1, -0.05) is 24.3 Å². The molecule has 7 nitrogen and oxygen atoms in total. The fourth-order valence-corrected chi connectivity index (χ4v) is 2.54. The third kappa shape index (κ3) is 2.99. The molecule has 0 unspecified atom stereocenters. The summed E-state index contributed by atoms with van der Waals surface area (Å²) >= 11 is 0. The number of ketones is 1. The van der Waals surface area contributed by atoms with E-state index in [2.05, 4.69) is 20.2 Å². The van der Waals surface area contributed by atoms with Crippen molar-refractivity contribution in [2.75, 3.05) is 0 Å². The van der Waals surface area contributed by atoms with Crippen LogP contribution in [0.2, 0.25) is 0 Å². The summed E-state index contributed by atoms with van der Waals surface area (Å²) in [4.78, 5) is 19.6. The monoisotopic (exact) mass is 334 g/mol. The minimum Gasteiger partial charge on any atom is -0.507 e. The molecule has 7 heteroatoms. The van der Waals surface area contributed by atoms with E-state index in [4.69, 9.17) is 4.42 Å². The zero-order valence-electron chi connectivity index (χ0n) is 13.1. The Morgan fingerprint density at radius 2 is 1.88 bits per heavy atom. The van der Waals surface area contributed by atoms with Crippen molar-refractivity contribution in [2.24, 2.45) is 0 Å². The molecule has 0 aliphatic carbocycles. The molecule has 0 amide bonds. The molecule has 25 heavy (non-hydrogen) atoms. The van der Waals surface area contributed by atoms with Gasteiger partial charge in [-0.05, 0) is 24.3 Å². The Hall–Kier alpha value is -3.48. The average Bonchev–Trinajstić information content (AvgIpc) is 3.27. The highest BCUT2D eigenvalue weighted by molar-refractivity contribution is 5.95. The van der Waals surface area contributed by atoms with Gasteiger partial charge in [-0.3, -0.25) is 4.79 Å². The first-order chi connectivity index (χ1) is 12.2. The first-order valence-electron chi connectivity index (χ1n) is 7.79. The van der Waals surface area contributed by atoms with Crippen molar-refractivity contribution >= 4 is 16.8 Å². The number of rotatable bonds is 5. The number of H-pyrrole nitrogens is 1. The fraction of sp³-hybridized carbons (Fsp3) is 0.111. The predicted octanol–water partition coefficient (Wildman–Crippen LogP) is 3.13. The van der Waals surface area contributed by atoms with Crippen molar-refractivity contribution in [1.82, 2.24) is 20.2 Å². The third-order valence-corrected chi connectivity index (χ3v) is 3.82. The maximum Gasteiger partial charge on any atom is 0.251 e. The van der Waals surface area contributed by atoms with E-state index >= 15 is 0 Å². The number of carbonyl (C=O) groups is 1. The second-order valence-electron chi connectivity index (χ2n) is 5.54. The fourth-order valence-electron chi connectivity index (χ4n) is 2.54. The van der Waals surface area contributed by atoms with E-state index in [1.54, 1.807) is 24.3 Å². The van der Waals surface area contributed by atoms with Crippen molar-refractivity contribution in [1.29, 1.82) is 0 Å². The van der Waals surface area contributed by atoms with Crippen LogP contribution in [0.3, 0.4) is 0 Å². The van der Waals surface area contributed by atoms with E-state index < -0.39 is 0 Å². The number of hydrogen-bond acceptors (Lipinski definition) is 6. The van der Waals surface area contributed by atoms with Crippen LogP contribution in [0.1, 0.15) is 22.9 Å². The van der Waals surface area contributed by atoms with Crippen LogP contribution in [-0.2, 0) is 6.42 Å². The number of Topliss-reactive ketones (excluding diaryl/α,β-unsaturated/α-hetero) is 1. The maximum absolute atomic E-state index is 12.3. The molecular formula is C18H14N4O3. The number of imidazole rings is 1. The molecule has 4 aromatic rings. The van der Waals surface area contributed by atoms with E-state index in [1.165, 1.54) is 0 Å². The Morgan fingerprint density at radius 1 is 1.08 bits per heavy atom. The van der Waals surface area contributed by atoms with Crippen molar-refractivity contribution in [2.45, 2.75) is 12.8 Å². The third-order valence-electron chi connectivity index (χ3n) is 3.82. The number of nitrogens with one attached hydrogen (secondary N) is 1. The van der Waals surface area contributed by atoms with Crippen LogP contribution < -0.4 is 0 Å². The molecule has 2 heterocycles. The summed E-state index contributed by atoms with van der Waals surface area (Å²) in [6, 6.07) is 14.2. The molecule has 2 aromatic heterocycles. The SMILES string of the molecule is O=C(CCc1nnc(-c2ccccc2O)o1)c1nc2ccccc2[nH]1. The van der Waals surface area contributed by atoms with Crippen LogP contribution in [0.4, 0.5) is 0 Å². The summed E-state index contributed by atoms with van der Waals surface area (Å²) in [5.41, 5.74) is 2.04. The summed E-state index contributed by atoms with van der Waals surface area (Å²) in [5.74, 6) is 0.822. The topological polar surface area (TPSA) is 105 Å². The lowest BCUT2D eigenvalue weighted by Crippen LogP contribution is -2.03. The molecule has 0 saturated carbocycles. The van der Waals surface area contributed by atoms with Crippen LogP contribution in [0.15, 0.2) is 52.9 Å². The highest BCUT2D eigenvalue weighted by Crippen LogP contribution is 2.27. The van der Waals surface area contributed by atoms with Gasteiger partial charge in [0.05, 0.1) is 16.6 Å². The Balaban J connectivity index is 1.46. The van der Waals surface area contributed by atoms with Gasteiger partial charge in [0, 0.05) is 12.8 Å². The van der Waals surface area contributed by atoms with Gasteiger partial charge >= 0.3 is 0 Å². The number of aromatic amines is 1. The van der Waals surface area contributed by atoms with Crippen molar-refractivity contribution in [3.63, 3.8) is 0 Å². The van der Waals surface area contributed by atoms with Gasteiger partial charge in [0.25, 0.3) is 5.89 Å². The van der Waals surface area contributed by atoms with E-state index in [1.807, 2.05) is 24.3 Å². The number of carbonyl (C=O) groups excluding carboxylic acids is 1. The molecule has 0 saturated heterocycles. The number of fused-ring (bicyclic) bond motifs is 1. The van der Waals surface area contributed by atoms with Crippen molar-refractivity contribution in [3.05, 3.63) is 60.2 Å². The van der Waals surface area contributed by atoms with Crippen molar-refractivity contribution in [3.8, 4) is 17.2 Å². The van der Waals surface area contributed by atoms with Gasteiger partial charge in [0.2, 0.25) is 5.89 Å². The van der Waals surface area contributed by atoms with E-state index in [0.29, 0.717) is 23.7 Å². The zero-order chi connectivity index (χ0) is 17.2. The molecule has 0 atom stereocenters. The molecule has 2 aromatic carbocycles. The number of para-hydroxylation sites is 3.